The molecule has 3 aromatic rings. The summed E-state index contributed by atoms with van der Waals surface area (Å²) in [6.07, 6.45) is 0. The first-order valence-corrected chi connectivity index (χ1v) is 9.38. The Hall–Kier alpha value is -3.45. The molecule has 0 saturated heterocycles. The number of esters is 1. The minimum Gasteiger partial charge on any atom is -0.451 e. The Labute approximate surface area is 166 Å². The largest absolute Gasteiger partial charge is 0.451 e. The third kappa shape index (κ3) is 5.05. The molecular formula is C21H18N2O4S. The molecule has 0 aliphatic carbocycles. The number of carbonyl (C=O) groups excluding carboxylic acids is 3. The van der Waals surface area contributed by atoms with E-state index in [1.54, 1.807) is 24.3 Å². The molecule has 2 N–H and O–H groups in total. The molecule has 3 rings (SSSR count). The number of amides is 2. The minimum atomic E-state index is -0.537. The second-order valence-electron chi connectivity index (χ2n) is 5.91. The Balaban J connectivity index is 1.56. The van der Waals surface area contributed by atoms with Crippen LogP contribution < -0.4 is 10.6 Å². The number of nitrogens with one attached hydrogen (secondary N) is 2. The fraction of sp³-hybridized carbons (Fsp3) is 0.0952. The van der Waals surface area contributed by atoms with Crippen molar-refractivity contribution in [1.82, 2.24) is 0 Å². The van der Waals surface area contributed by atoms with Gasteiger partial charge in [-0.05, 0) is 41.3 Å². The molecule has 0 radical (unpaired) electrons. The van der Waals surface area contributed by atoms with E-state index < -0.39 is 18.5 Å². The van der Waals surface area contributed by atoms with Crippen LogP contribution in [-0.4, -0.2) is 24.4 Å². The van der Waals surface area contributed by atoms with Crippen LogP contribution in [0.15, 0.2) is 66.0 Å². The van der Waals surface area contributed by atoms with Gasteiger partial charge in [0.1, 0.15) is 4.88 Å². The van der Waals surface area contributed by atoms with Gasteiger partial charge in [0, 0.05) is 23.9 Å². The maximum absolute atomic E-state index is 12.4. The number of ether oxygens (including phenoxy) is 1. The third-order valence-electron chi connectivity index (χ3n) is 3.76. The van der Waals surface area contributed by atoms with E-state index in [0.717, 1.165) is 11.1 Å². The monoisotopic (exact) mass is 394 g/mol. The minimum absolute atomic E-state index is 0.174. The van der Waals surface area contributed by atoms with Crippen molar-refractivity contribution in [2.75, 3.05) is 17.2 Å². The fourth-order valence-electron chi connectivity index (χ4n) is 2.55. The zero-order valence-electron chi connectivity index (χ0n) is 15.1. The van der Waals surface area contributed by atoms with Gasteiger partial charge in [0.15, 0.2) is 6.61 Å². The van der Waals surface area contributed by atoms with E-state index in [1.807, 2.05) is 41.8 Å². The van der Waals surface area contributed by atoms with Gasteiger partial charge in [-0.25, -0.2) is 4.79 Å². The van der Waals surface area contributed by atoms with Crippen LogP contribution in [0.4, 0.5) is 11.4 Å². The Morgan fingerprint density at radius 3 is 2.18 bits per heavy atom. The number of benzene rings is 2. The van der Waals surface area contributed by atoms with Gasteiger partial charge in [0.2, 0.25) is 5.91 Å². The highest BCUT2D eigenvalue weighted by molar-refractivity contribution is 7.12. The first kappa shape index (κ1) is 19.3. The topological polar surface area (TPSA) is 84.5 Å². The lowest BCUT2D eigenvalue weighted by atomic mass is 10.1. The Kier molecular flexibility index (Phi) is 6.18. The molecular weight excluding hydrogens is 376 g/mol. The maximum Gasteiger partial charge on any atom is 0.349 e. The van der Waals surface area contributed by atoms with Crippen LogP contribution >= 0.6 is 11.3 Å². The first-order chi connectivity index (χ1) is 13.5. The predicted molar refractivity (Wildman–Crippen MR) is 109 cm³/mol. The molecule has 1 aromatic heterocycles. The van der Waals surface area contributed by atoms with Crippen molar-refractivity contribution in [1.29, 1.82) is 0 Å². The number of rotatable bonds is 6. The Bertz CT molecular complexity index is 981. The van der Waals surface area contributed by atoms with Gasteiger partial charge in [-0.1, -0.05) is 30.3 Å². The summed E-state index contributed by atoms with van der Waals surface area (Å²) < 4.78 is 5.16. The lowest BCUT2D eigenvalue weighted by Gasteiger charge is -2.08. The van der Waals surface area contributed by atoms with E-state index >= 15 is 0 Å². The van der Waals surface area contributed by atoms with Crippen molar-refractivity contribution >= 4 is 40.5 Å². The van der Waals surface area contributed by atoms with E-state index in [1.165, 1.54) is 18.3 Å². The normalized spacial score (nSPS) is 10.2. The molecule has 28 heavy (non-hydrogen) atoms. The summed E-state index contributed by atoms with van der Waals surface area (Å²) in [5.41, 5.74) is 2.86. The van der Waals surface area contributed by atoms with Gasteiger partial charge < -0.3 is 15.4 Å². The summed E-state index contributed by atoms with van der Waals surface area (Å²) in [7, 11) is 0. The summed E-state index contributed by atoms with van der Waals surface area (Å²) in [4.78, 5) is 35.9. The highest BCUT2D eigenvalue weighted by Gasteiger charge is 2.17. The molecule has 2 aromatic carbocycles. The smallest absolute Gasteiger partial charge is 0.349 e. The van der Waals surface area contributed by atoms with Crippen LogP contribution in [0.2, 0.25) is 0 Å². The van der Waals surface area contributed by atoms with E-state index in [9.17, 15) is 14.4 Å². The van der Waals surface area contributed by atoms with Gasteiger partial charge in [-0.2, -0.15) is 0 Å². The van der Waals surface area contributed by atoms with Crippen LogP contribution in [-0.2, 0) is 14.3 Å². The average Bonchev–Trinajstić information content (AvgIpc) is 3.18. The SMILES string of the molecule is CC(=O)Nc1ccc(NC(=O)COC(=O)c2sccc2-c2ccccc2)cc1. The zero-order chi connectivity index (χ0) is 19.9. The van der Waals surface area contributed by atoms with Crippen molar-refractivity contribution in [3.63, 3.8) is 0 Å². The molecule has 142 valence electrons. The van der Waals surface area contributed by atoms with Crippen LogP contribution in [0.1, 0.15) is 16.6 Å². The fourth-order valence-corrected chi connectivity index (χ4v) is 3.35. The molecule has 0 saturated carbocycles. The average molecular weight is 394 g/mol. The molecule has 7 heteroatoms. The predicted octanol–water partition coefficient (Wildman–Crippen LogP) is 4.17. The van der Waals surface area contributed by atoms with E-state index in [0.29, 0.717) is 16.3 Å². The van der Waals surface area contributed by atoms with Gasteiger partial charge in [-0.3, -0.25) is 9.59 Å². The summed E-state index contributed by atoms with van der Waals surface area (Å²) >= 11 is 1.27. The second-order valence-corrected chi connectivity index (χ2v) is 6.83. The van der Waals surface area contributed by atoms with Crippen LogP contribution in [0, 0.1) is 0 Å². The number of carbonyl (C=O) groups is 3. The van der Waals surface area contributed by atoms with E-state index in [2.05, 4.69) is 10.6 Å². The standard InChI is InChI=1S/C21H18N2O4S/c1-14(24)22-16-7-9-17(10-8-16)23-19(25)13-27-21(26)20-18(11-12-28-20)15-5-3-2-4-6-15/h2-12H,13H2,1H3,(H,22,24)(H,23,25). The van der Waals surface area contributed by atoms with Gasteiger partial charge >= 0.3 is 5.97 Å². The molecule has 0 spiro atoms. The number of hydrogen-bond donors (Lipinski definition) is 2. The van der Waals surface area contributed by atoms with Crippen molar-refractivity contribution in [3.8, 4) is 11.1 Å². The molecule has 0 unspecified atom stereocenters. The van der Waals surface area contributed by atoms with Gasteiger partial charge in [-0.15, -0.1) is 11.3 Å². The Morgan fingerprint density at radius 1 is 0.893 bits per heavy atom. The van der Waals surface area contributed by atoms with Crippen LogP contribution in [0.5, 0.6) is 0 Å². The molecule has 0 aliphatic rings. The molecule has 0 fully saturated rings. The highest BCUT2D eigenvalue weighted by Crippen LogP contribution is 2.28. The summed E-state index contributed by atoms with van der Waals surface area (Å²) in [5.74, 6) is -1.16. The Morgan fingerprint density at radius 2 is 1.54 bits per heavy atom. The molecule has 6 nitrogen and oxygen atoms in total. The summed E-state index contributed by atoms with van der Waals surface area (Å²) in [6.45, 7) is 1.03. The first-order valence-electron chi connectivity index (χ1n) is 8.50. The van der Waals surface area contributed by atoms with Crippen molar-refractivity contribution in [3.05, 3.63) is 70.9 Å². The third-order valence-corrected chi connectivity index (χ3v) is 4.65. The van der Waals surface area contributed by atoms with Crippen molar-refractivity contribution in [2.45, 2.75) is 6.92 Å². The molecule has 2 amide bonds. The quantitative estimate of drug-likeness (QED) is 0.615. The maximum atomic E-state index is 12.4. The summed E-state index contributed by atoms with van der Waals surface area (Å²) in [6, 6.07) is 18.0. The molecule has 0 aliphatic heterocycles. The highest BCUT2D eigenvalue weighted by atomic mass is 32.1. The van der Waals surface area contributed by atoms with Crippen LogP contribution in [0.3, 0.4) is 0 Å². The van der Waals surface area contributed by atoms with Crippen molar-refractivity contribution < 1.29 is 19.1 Å². The number of anilines is 2. The summed E-state index contributed by atoms with van der Waals surface area (Å²) in [5, 5.41) is 7.10. The van der Waals surface area contributed by atoms with Crippen molar-refractivity contribution in [2.24, 2.45) is 0 Å². The lowest BCUT2D eigenvalue weighted by molar-refractivity contribution is -0.119. The lowest BCUT2D eigenvalue weighted by Crippen LogP contribution is -2.20. The molecule has 1 heterocycles. The molecule has 0 bridgehead atoms. The van der Waals surface area contributed by atoms with Gasteiger partial charge in [0.25, 0.3) is 5.91 Å². The van der Waals surface area contributed by atoms with Crippen LogP contribution in [0.25, 0.3) is 11.1 Å². The number of thiophene rings is 1. The van der Waals surface area contributed by atoms with E-state index in [4.69, 9.17) is 4.74 Å². The molecule has 0 atom stereocenters. The second kappa shape index (κ2) is 8.96. The number of hydrogen-bond acceptors (Lipinski definition) is 5. The van der Waals surface area contributed by atoms with Gasteiger partial charge in [0.05, 0.1) is 0 Å². The zero-order valence-corrected chi connectivity index (χ0v) is 15.9. The van der Waals surface area contributed by atoms with E-state index in [-0.39, 0.29) is 5.91 Å².